The zero-order valence-electron chi connectivity index (χ0n) is 11.8. The first kappa shape index (κ1) is 13.6. The van der Waals surface area contributed by atoms with Crippen molar-refractivity contribution in [1.29, 1.82) is 0 Å². The summed E-state index contributed by atoms with van der Waals surface area (Å²) in [6.07, 6.45) is 0.942. The summed E-state index contributed by atoms with van der Waals surface area (Å²) in [4.78, 5) is 2.27. The summed E-state index contributed by atoms with van der Waals surface area (Å²) in [6.45, 7) is 3.73. The average Bonchev–Trinajstić information content (AvgIpc) is 2.42. The fourth-order valence-corrected chi connectivity index (χ4v) is 2.26. The molecule has 0 fully saturated rings. The Morgan fingerprint density at radius 2 is 1.58 bits per heavy atom. The number of aryl methyl sites for hydroxylation is 1. The number of nitrogens with two attached hydrogens (primary N) is 1. The van der Waals surface area contributed by atoms with Crippen LogP contribution in [0.15, 0.2) is 48.5 Å². The van der Waals surface area contributed by atoms with Crippen LogP contribution in [0.5, 0.6) is 0 Å². The highest BCUT2D eigenvalue weighted by molar-refractivity contribution is 5.47. The zero-order chi connectivity index (χ0) is 13.7. The predicted molar refractivity (Wildman–Crippen MR) is 82.5 cm³/mol. The van der Waals surface area contributed by atoms with Gasteiger partial charge in [0.2, 0.25) is 0 Å². The summed E-state index contributed by atoms with van der Waals surface area (Å²) in [7, 11) is 2.13. The van der Waals surface area contributed by atoms with Crippen LogP contribution in [0, 0.1) is 6.92 Å². The molecule has 0 aromatic heterocycles. The largest absolute Gasteiger partial charge is 0.370 e. The molecule has 0 heterocycles. The van der Waals surface area contributed by atoms with Gasteiger partial charge < -0.3 is 10.6 Å². The van der Waals surface area contributed by atoms with E-state index < -0.39 is 0 Å². The lowest BCUT2D eigenvalue weighted by Gasteiger charge is -2.21. The van der Waals surface area contributed by atoms with Crippen LogP contribution >= 0.6 is 0 Å². The van der Waals surface area contributed by atoms with E-state index in [2.05, 4.69) is 67.4 Å². The summed E-state index contributed by atoms with van der Waals surface area (Å²) >= 11 is 0. The molecule has 0 aliphatic rings. The van der Waals surface area contributed by atoms with Crippen molar-refractivity contribution in [2.75, 3.05) is 18.5 Å². The molecule has 2 N–H and O–H groups in total. The van der Waals surface area contributed by atoms with Crippen molar-refractivity contribution in [1.82, 2.24) is 0 Å². The molecule has 0 saturated heterocycles. The van der Waals surface area contributed by atoms with Gasteiger partial charge in [0.15, 0.2) is 0 Å². The van der Waals surface area contributed by atoms with Crippen LogP contribution in [0.2, 0.25) is 0 Å². The third-order valence-corrected chi connectivity index (χ3v) is 3.41. The molecule has 2 nitrogen and oxygen atoms in total. The summed E-state index contributed by atoms with van der Waals surface area (Å²) in [5, 5.41) is 0. The normalized spacial score (nSPS) is 10.5. The lowest BCUT2D eigenvalue weighted by Crippen LogP contribution is -2.18. The highest BCUT2D eigenvalue weighted by Crippen LogP contribution is 2.18. The maximum absolute atomic E-state index is 5.67. The van der Waals surface area contributed by atoms with Crippen LogP contribution in [0.3, 0.4) is 0 Å². The average molecular weight is 254 g/mol. The molecule has 0 bridgehead atoms. The van der Waals surface area contributed by atoms with Gasteiger partial charge in [-0.05, 0) is 43.1 Å². The Balaban J connectivity index is 2.14. The Kier molecular flexibility index (Phi) is 4.58. The van der Waals surface area contributed by atoms with Gasteiger partial charge in [-0.25, -0.2) is 0 Å². The van der Waals surface area contributed by atoms with E-state index in [-0.39, 0.29) is 0 Å². The highest BCUT2D eigenvalue weighted by Gasteiger charge is 2.05. The molecule has 0 spiro atoms. The Morgan fingerprint density at radius 3 is 2.21 bits per heavy atom. The van der Waals surface area contributed by atoms with Gasteiger partial charge in [-0.15, -0.1) is 0 Å². The summed E-state index contributed by atoms with van der Waals surface area (Å²) in [5.41, 5.74) is 10.9. The monoisotopic (exact) mass is 254 g/mol. The molecule has 2 heteroatoms. The van der Waals surface area contributed by atoms with Gasteiger partial charge in [-0.3, -0.25) is 0 Å². The molecule has 0 aliphatic heterocycles. The summed E-state index contributed by atoms with van der Waals surface area (Å²) < 4.78 is 0. The topological polar surface area (TPSA) is 29.3 Å². The number of benzene rings is 2. The van der Waals surface area contributed by atoms with Gasteiger partial charge in [0.05, 0.1) is 0 Å². The molecule has 2 aromatic rings. The van der Waals surface area contributed by atoms with E-state index in [0.717, 1.165) is 13.0 Å². The third-order valence-electron chi connectivity index (χ3n) is 3.41. The van der Waals surface area contributed by atoms with E-state index in [1.54, 1.807) is 0 Å². The predicted octanol–water partition coefficient (Wildman–Crippen LogP) is 3.13. The first-order chi connectivity index (χ1) is 9.20. The third kappa shape index (κ3) is 3.58. The van der Waals surface area contributed by atoms with Crippen LogP contribution in [0.25, 0.3) is 0 Å². The number of hydrogen-bond donors (Lipinski definition) is 1. The van der Waals surface area contributed by atoms with Crippen molar-refractivity contribution in [2.45, 2.75) is 19.9 Å². The van der Waals surface area contributed by atoms with E-state index in [1.807, 2.05) is 0 Å². The van der Waals surface area contributed by atoms with Crippen LogP contribution in [0.1, 0.15) is 16.7 Å². The molecule has 0 aliphatic carbocycles. The number of nitrogens with zero attached hydrogens (tertiary/aromatic N) is 1. The molecular formula is C17H22N2. The second kappa shape index (κ2) is 6.39. The second-order valence-electron chi connectivity index (χ2n) is 5.00. The minimum atomic E-state index is 0.700. The molecule has 0 atom stereocenters. The van der Waals surface area contributed by atoms with E-state index in [0.29, 0.717) is 6.54 Å². The van der Waals surface area contributed by atoms with Gasteiger partial charge >= 0.3 is 0 Å². The molecule has 0 unspecified atom stereocenters. The minimum absolute atomic E-state index is 0.700. The quantitative estimate of drug-likeness (QED) is 0.888. The van der Waals surface area contributed by atoms with Crippen molar-refractivity contribution >= 4 is 5.69 Å². The molecule has 0 amide bonds. The Hall–Kier alpha value is -1.80. The van der Waals surface area contributed by atoms with Crippen molar-refractivity contribution in [3.05, 3.63) is 65.2 Å². The molecule has 2 aromatic carbocycles. The van der Waals surface area contributed by atoms with Crippen LogP contribution in [0.4, 0.5) is 5.69 Å². The van der Waals surface area contributed by atoms with Gasteiger partial charge in [0.25, 0.3) is 0 Å². The maximum Gasteiger partial charge on any atom is 0.0428 e. The molecular weight excluding hydrogens is 232 g/mol. The summed E-state index contributed by atoms with van der Waals surface area (Å²) in [5.74, 6) is 0. The Labute approximate surface area is 115 Å². The van der Waals surface area contributed by atoms with E-state index >= 15 is 0 Å². The van der Waals surface area contributed by atoms with Crippen molar-refractivity contribution in [3.63, 3.8) is 0 Å². The first-order valence-electron chi connectivity index (χ1n) is 6.75. The van der Waals surface area contributed by atoms with E-state index in [9.17, 15) is 0 Å². The van der Waals surface area contributed by atoms with Crippen LogP contribution in [-0.2, 0) is 13.0 Å². The molecule has 2 rings (SSSR count). The standard InChI is InChI=1S/C17H22N2/c1-14-7-9-17(10-8-14)19(2)13-16-6-4-3-5-15(16)11-12-18/h3-10H,11-13,18H2,1-2H3. The zero-order valence-corrected chi connectivity index (χ0v) is 11.8. The second-order valence-corrected chi connectivity index (χ2v) is 5.00. The molecule has 0 radical (unpaired) electrons. The van der Waals surface area contributed by atoms with Crippen molar-refractivity contribution in [2.24, 2.45) is 5.73 Å². The smallest absolute Gasteiger partial charge is 0.0428 e. The fraction of sp³-hybridized carbons (Fsp3) is 0.294. The number of anilines is 1. The van der Waals surface area contributed by atoms with E-state index in [4.69, 9.17) is 5.73 Å². The van der Waals surface area contributed by atoms with Gasteiger partial charge in [0.1, 0.15) is 0 Å². The Bertz CT molecular complexity index is 517. The highest BCUT2D eigenvalue weighted by atomic mass is 15.1. The van der Waals surface area contributed by atoms with Gasteiger partial charge in [0, 0.05) is 19.3 Å². The van der Waals surface area contributed by atoms with Crippen LogP contribution < -0.4 is 10.6 Å². The van der Waals surface area contributed by atoms with Crippen molar-refractivity contribution in [3.8, 4) is 0 Å². The maximum atomic E-state index is 5.67. The lowest BCUT2D eigenvalue weighted by atomic mass is 10.0. The van der Waals surface area contributed by atoms with Crippen LogP contribution in [-0.4, -0.2) is 13.6 Å². The van der Waals surface area contributed by atoms with E-state index in [1.165, 1.54) is 22.4 Å². The van der Waals surface area contributed by atoms with Crippen molar-refractivity contribution < 1.29 is 0 Å². The minimum Gasteiger partial charge on any atom is -0.370 e. The summed E-state index contributed by atoms with van der Waals surface area (Å²) in [6, 6.07) is 17.2. The van der Waals surface area contributed by atoms with Gasteiger partial charge in [-0.1, -0.05) is 42.0 Å². The lowest BCUT2D eigenvalue weighted by molar-refractivity contribution is 0.881. The Morgan fingerprint density at radius 1 is 0.947 bits per heavy atom. The molecule has 100 valence electrons. The molecule has 0 saturated carbocycles. The fourth-order valence-electron chi connectivity index (χ4n) is 2.26. The SMILES string of the molecule is Cc1ccc(N(C)Cc2ccccc2CCN)cc1. The molecule has 19 heavy (non-hydrogen) atoms. The number of rotatable bonds is 5. The first-order valence-corrected chi connectivity index (χ1v) is 6.75. The van der Waals surface area contributed by atoms with Gasteiger partial charge in [-0.2, -0.15) is 0 Å². The number of hydrogen-bond acceptors (Lipinski definition) is 2.